The van der Waals surface area contributed by atoms with Crippen molar-refractivity contribution in [2.75, 3.05) is 13.2 Å². The minimum absolute atomic E-state index is 0.0454. The summed E-state index contributed by atoms with van der Waals surface area (Å²) in [4.78, 5) is 26.0. The summed E-state index contributed by atoms with van der Waals surface area (Å²) >= 11 is 3.38. The molecule has 1 amide bonds. The van der Waals surface area contributed by atoms with E-state index in [1.165, 1.54) is 6.92 Å². The maximum absolute atomic E-state index is 12.5. The predicted octanol–water partition coefficient (Wildman–Crippen LogP) is 2.91. The number of ether oxygens (including phenoxy) is 1. The van der Waals surface area contributed by atoms with Crippen molar-refractivity contribution in [2.45, 2.75) is 31.9 Å². The molecule has 2 aliphatic heterocycles. The number of aliphatic hydroxyl groups is 1. The third-order valence-electron chi connectivity index (χ3n) is 4.29. The lowest BCUT2D eigenvalue weighted by atomic mass is 9.96. The number of ketones is 1. The zero-order valence-electron chi connectivity index (χ0n) is 12.8. The van der Waals surface area contributed by atoms with Gasteiger partial charge in [0, 0.05) is 17.6 Å². The van der Waals surface area contributed by atoms with Crippen LogP contribution in [0.15, 0.2) is 40.1 Å². The molecule has 3 rings (SSSR count). The number of Topliss-reactive ketones (excluding diaryl/α,β-unsaturated/α-hetero) is 1. The normalized spacial score (nSPS) is 24.6. The molecular weight excluding hydrogens is 362 g/mol. The SMILES string of the molecule is CC(=O)C1=C(O)C(=O)N(C[C@@H]2CCCO2)[C@H]1c1ccc(Br)cc1. The monoisotopic (exact) mass is 379 g/mol. The maximum atomic E-state index is 12.5. The van der Waals surface area contributed by atoms with E-state index in [0.717, 1.165) is 22.9 Å². The van der Waals surface area contributed by atoms with E-state index in [9.17, 15) is 14.7 Å². The van der Waals surface area contributed by atoms with E-state index in [2.05, 4.69) is 15.9 Å². The Morgan fingerprint density at radius 1 is 1.39 bits per heavy atom. The lowest BCUT2D eigenvalue weighted by Gasteiger charge is -2.28. The minimum atomic E-state index is -0.558. The van der Waals surface area contributed by atoms with Crippen molar-refractivity contribution in [3.05, 3.63) is 45.6 Å². The van der Waals surface area contributed by atoms with Crippen molar-refractivity contribution < 1.29 is 19.4 Å². The number of hydrogen-bond donors (Lipinski definition) is 1. The molecule has 0 aromatic heterocycles. The second-order valence-corrected chi connectivity index (χ2v) is 6.78. The first-order valence-electron chi connectivity index (χ1n) is 7.61. The Labute approximate surface area is 143 Å². The first kappa shape index (κ1) is 16.2. The van der Waals surface area contributed by atoms with Gasteiger partial charge in [-0.1, -0.05) is 28.1 Å². The van der Waals surface area contributed by atoms with Gasteiger partial charge in [0.15, 0.2) is 11.5 Å². The van der Waals surface area contributed by atoms with E-state index < -0.39 is 17.7 Å². The maximum Gasteiger partial charge on any atom is 0.290 e. The van der Waals surface area contributed by atoms with Crippen molar-refractivity contribution in [3.63, 3.8) is 0 Å². The molecule has 0 radical (unpaired) electrons. The van der Waals surface area contributed by atoms with Gasteiger partial charge in [-0.3, -0.25) is 9.59 Å². The molecule has 122 valence electrons. The van der Waals surface area contributed by atoms with Crippen molar-refractivity contribution in [3.8, 4) is 0 Å². The van der Waals surface area contributed by atoms with Crippen molar-refractivity contribution in [1.82, 2.24) is 4.90 Å². The molecule has 1 aromatic carbocycles. The van der Waals surface area contributed by atoms with Crippen molar-refractivity contribution in [1.29, 1.82) is 0 Å². The highest BCUT2D eigenvalue weighted by Gasteiger charge is 2.43. The fourth-order valence-corrected chi connectivity index (χ4v) is 3.47. The van der Waals surface area contributed by atoms with Crippen LogP contribution in [0.4, 0.5) is 0 Å². The summed E-state index contributed by atoms with van der Waals surface area (Å²) in [6.45, 7) is 2.44. The van der Waals surface area contributed by atoms with Crippen molar-refractivity contribution >= 4 is 27.6 Å². The molecule has 5 nitrogen and oxygen atoms in total. The third-order valence-corrected chi connectivity index (χ3v) is 4.82. The summed E-state index contributed by atoms with van der Waals surface area (Å²) in [6, 6.07) is 6.87. The topological polar surface area (TPSA) is 66.8 Å². The molecule has 0 aliphatic carbocycles. The second kappa shape index (κ2) is 6.45. The van der Waals surface area contributed by atoms with Gasteiger partial charge in [0.1, 0.15) is 0 Å². The summed E-state index contributed by atoms with van der Waals surface area (Å²) in [5.41, 5.74) is 0.962. The van der Waals surface area contributed by atoms with E-state index in [1.54, 1.807) is 4.90 Å². The van der Waals surface area contributed by atoms with Gasteiger partial charge in [-0.15, -0.1) is 0 Å². The predicted molar refractivity (Wildman–Crippen MR) is 87.9 cm³/mol. The molecule has 0 unspecified atom stereocenters. The van der Waals surface area contributed by atoms with E-state index in [1.807, 2.05) is 24.3 Å². The van der Waals surface area contributed by atoms with Crippen LogP contribution in [0.3, 0.4) is 0 Å². The van der Waals surface area contributed by atoms with Gasteiger partial charge in [-0.2, -0.15) is 0 Å². The fraction of sp³-hybridized carbons (Fsp3) is 0.412. The first-order valence-corrected chi connectivity index (χ1v) is 8.40. The molecule has 2 atom stereocenters. The number of hydrogen-bond acceptors (Lipinski definition) is 4. The molecule has 6 heteroatoms. The van der Waals surface area contributed by atoms with Crippen LogP contribution in [0.1, 0.15) is 31.4 Å². The van der Waals surface area contributed by atoms with E-state index >= 15 is 0 Å². The van der Waals surface area contributed by atoms with Crippen LogP contribution in [-0.2, 0) is 14.3 Å². The highest BCUT2D eigenvalue weighted by Crippen LogP contribution is 2.38. The number of rotatable bonds is 4. The average molecular weight is 380 g/mol. The van der Waals surface area contributed by atoms with Crippen LogP contribution in [0.5, 0.6) is 0 Å². The molecule has 2 heterocycles. The molecular formula is C17H18BrNO4. The summed E-state index contributed by atoms with van der Waals surface area (Å²) in [6.07, 6.45) is 1.80. The molecule has 0 bridgehead atoms. The largest absolute Gasteiger partial charge is 0.503 e. The molecule has 1 fully saturated rings. The Balaban J connectivity index is 1.98. The zero-order chi connectivity index (χ0) is 16.6. The fourth-order valence-electron chi connectivity index (χ4n) is 3.20. The second-order valence-electron chi connectivity index (χ2n) is 5.87. The third kappa shape index (κ3) is 3.05. The standard InChI is InChI=1S/C17H18BrNO4/c1-10(20)14-15(11-4-6-12(18)7-5-11)19(17(22)16(14)21)9-13-3-2-8-23-13/h4-7,13,15,21H,2-3,8-9H2,1H3/t13-,15-/m0/s1. The Bertz CT molecular complexity index is 662. The minimum Gasteiger partial charge on any atom is -0.503 e. The highest BCUT2D eigenvalue weighted by molar-refractivity contribution is 9.10. The van der Waals surface area contributed by atoms with Gasteiger partial charge in [0.2, 0.25) is 0 Å². The number of carbonyl (C=O) groups is 2. The van der Waals surface area contributed by atoms with Gasteiger partial charge in [0.25, 0.3) is 5.91 Å². The van der Waals surface area contributed by atoms with Crippen LogP contribution in [0, 0.1) is 0 Å². The van der Waals surface area contributed by atoms with Gasteiger partial charge in [-0.05, 0) is 37.5 Å². The quantitative estimate of drug-likeness (QED) is 0.873. The lowest BCUT2D eigenvalue weighted by Crippen LogP contribution is -2.37. The van der Waals surface area contributed by atoms with Gasteiger partial charge >= 0.3 is 0 Å². The number of amides is 1. The summed E-state index contributed by atoms with van der Waals surface area (Å²) in [7, 11) is 0. The van der Waals surface area contributed by atoms with Crippen molar-refractivity contribution in [2.24, 2.45) is 0 Å². The van der Waals surface area contributed by atoms with Crippen LogP contribution in [-0.4, -0.2) is 41.0 Å². The molecule has 1 saturated heterocycles. The van der Waals surface area contributed by atoms with Crippen LogP contribution >= 0.6 is 15.9 Å². The Morgan fingerprint density at radius 2 is 2.09 bits per heavy atom. The summed E-state index contributed by atoms with van der Waals surface area (Å²) in [5, 5.41) is 10.2. The molecule has 0 saturated carbocycles. The van der Waals surface area contributed by atoms with Gasteiger partial charge < -0.3 is 14.7 Å². The smallest absolute Gasteiger partial charge is 0.290 e. The number of halogens is 1. The van der Waals surface area contributed by atoms with Crippen LogP contribution in [0.25, 0.3) is 0 Å². The van der Waals surface area contributed by atoms with Crippen LogP contribution in [0.2, 0.25) is 0 Å². The van der Waals surface area contributed by atoms with Gasteiger partial charge in [0.05, 0.1) is 17.7 Å². The van der Waals surface area contributed by atoms with E-state index in [-0.39, 0.29) is 17.5 Å². The average Bonchev–Trinajstić information content (AvgIpc) is 3.10. The number of benzene rings is 1. The van der Waals surface area contributed by atoms with E-state index in [4.69, 9.17) is 4.74 Å². The zero-order valence-corrected chi connectivity index (χ0v) is 14.4. The Hall–Kier alpha value is -1.66. The first-order chi connectivity index (χ1) is 11.0. The Morgan fingerprint density at radius 3 is 2.65 bits per heavy atom. The summed E-state index contributed by atoms with van der Waals surface area (Å²) in [5.74, 6) is -1.24. The molecule has 1 aromatic rings. The van der Waals surface area contributed by atoms with Gasteiger partial charge in [-0.25, -0.2) is 0 Å². The summed E-state index contributed by atoms with van der Waals surface area (Å²) < 4.78 is 6.52. The Kier molecular flexibility index (Phi) is 4.55. The number of nitrogens with zero attached hydrogens (tertiary/aromatic N) is 1. The molecule has 1 N–H and O–H groups in total. The number of carbonyl (C=O) groups excluding carboxylic acids is 2. The van der Waals surface area contributed by atoms with Crippen LogP contribution < -0.4 is 0 Å². The molecule has 0 spiro atoms. The molecule has 2 aliphatic rings. The lowest BCUT2D eigenvalue weighted by molar-refractivity contribution is -0.131. The molecule has 23 heavy (non-hydrogen) atoms. The number of aliphatic hydroxyl groups excluding tert-OH is 1. The highest BCUT2D eigenvalue weighted by atomic mass is 79.9. The van der Waals surface area contributed by atoms with E-state index in [0.29, 0.717) is 13.2 Å².